The lowest BCUT2D eigenvalue weighted by molar-refractivity contribution is 0.0716. The number of para-hydroxylation sites is 2. The fourth-order valence-corrected chi connectivity index (χ4v) is 4.12. The van der Waals surface area contributed by atoms with Gasteiger partial charge in [-0.15, -0.1) is 11.3 Å². The number of thiophene rings is 1. The van der Waals surface area contributed by atoms with Gasteiger partial charge < -0.3 is 9.88 Å². The first-order valence-electron chi connectivity index (χ1n) is 7.70. The Bertz CT molecular complexity index is 815. The van der Waals surface area contributed by atoms with Crippen molar-refractivity contribution in [1.29, 1.82) is 0 Å². The van der Waals surface area contributed by atoms with E-state index in [0.717, 1.165) is 47.7 Å². The van der Waals surface area contributed by atoms with E-state index in [4.69, 9.17) is 16.6 Å². The molecule has 3 aromatic rings. The van der Waals surface area contributed by atoms with Crippen molar-refractivity contribution in [2.45, 2.75) is 18.8 Å². The van der Waals surface area contributed by atoms with Gasteiger partial charge in [-0.05, 0) is 37.1 Å². The first-order chi connectivity index (χ1) is 11.2. The highest BCUT2D eigenvalue weighted by molar-refractivity contribution is 7.17. The van der Waals surface area contributed by atoms with Gasteiger partial charge in [0.15, 0.2) is 0 Å². The van der Waals surface area contributed by atoms with Crippen LogP contribution >= 0.6 is 22.9 Å². The topological polar surface area (TPSA) is 49.0 Å². The normalized spacial score (nSPS) is 16.1. The van der Waals surface area contributed by atoms with Gasteiger partial charge >= 0.3 is 0 Å². The molecule has 1 aromatic carbocycles. The van der Waals surface area contributed by atoms with E-state index >= 15 is 0 Å². The van der Waals surface area contributed by atoms with Gasteiger partial charge in [-0.1, -0.05) is 23.7 Å². The van der Waals surface area contributed by atoms with Crippen molar-refractivity contribution in [2.24, 2.45) is 0 Å². The first-order valence-corrected chi connectivity index (χ1v) is 8.89. The average Bonchev–Trinajstić information content (AvgIpc) is 3.20. The number of aromatic nitrogens is 2. The molecule has 23 heavy (non-hydrogen) atoms. The third-order valence-electron chi connectivity index (χ3n) is 4.36. The Morgan fingerprint density at radius 1 is 1.22 bits per heavy atom. The molecule has 0 bridgehead atoms. The van der Waals surface area contributed by atoms with Crippen LogP contribution in [0.4, 0.5) is 0 Å². The number of nitrogens with zero attached hydrogens (tertiary/aromatic N) is 2. The van der Waals surface area contributed by atoms with Gasteiger partial charge in [0.1, 0.15) is 5.82 Å². The van der Waals surface area contributed by atoms with Crippen LogP contribution in [0.25, 0.3) is 11.0 Å². The van der Waals surface area contributed by atoms with Crippen LogP contribution in [0.3, 0.4) is 0 Å². The second kappa shape index (κ2) is 5.98. The Hall–Kier alpha value is -1.85. The molecule has 0 radical (unpaired) electrons. The lowest BCUT2D eigenvalue weighted by atomic mass is 9.96. The van der Waals surface area contributed by atoms with Gasteiger partial charge in [0.25, 0.3) is 5.91 Å². The molecule has 4 nitrogen and oxygen atoms in total. The molecule has 4 rings (SSSR count). The predicted octanol–water partition coefficient (Wildman–Crippen LogP) is 4.30. The number of amides is 1. The van der Waals surface area contributed by atoms with Crippen molar-refractivity contribution >= 4 is 39.9 Å². The highest BCUT2D eigenvalue weighted by Crippen LogP contribution is 2.29. The summed E-state index contributed by atoms with van der Waals surface area (Å²) in [4.78, 5) is 23.2. The van der Waals surface area contributed by atoms with Crippen molar-refractivity contribution in [3.8, 4) is 0 Å². The maximum absolute atomic E-state index is 12.5. The van der Waals surface area contributed by atoms with E-state index in [1.807, 2.05) is 29.2 Å². The zero-order chi connectivity index (χ0) is 15.8. The van der Waals surface area contributed by atoms with Gasteiger partial charge in [-0.25, -0.2) is 4.98 Å². The van der Waals surface area contributed by atoms with Gasteiger partial charge in [0, 0.05) is 19.0 Å². The molecule has 1 amide bonds. The van der Waals surface area contributed by atoms with Crippen LogP contribution in [0.5, 0.6) is 0 Å². The second-order valence-corrected chi connectivity index (χ2v) is 7.52. The molecule has 2 aromatic heterocycles. The van der Waals surface area contributed by atoms with E-state index in [0.29, 0.717) is 10.3 Å². The van der Waals surface area contributed by atoms with E-state index in [1.165, 1.54) is 11.3 Å². The van der Waals surface area contributed by atoms with E-state index in [2.05, 4.69) is 4.98 Å². The molecule has 0 saturated carbocycles. The SMILES string of the molecule is O=C(c1ccc(Cl)s1)N1CCC(c2nc3ccccc3[nH]2)CC1. The Morgan fingerprint density at radius 2 is 2.00 bits per heavy atom. The minimum Gasteiger partial charge on any atom is -0.342 e. The monoisotopic (exact) mass is 345 g/mol. The number of piperidine rings is 1. The molecule has 6 heteroatoms. The number of hydrogen-bond donors (Lipinski definition) is 1. The number of fused-ring (bicyclic) bond motifs is 1. The molecule has 118 valence electrons. The summed E-state index contributed by atoms with van der Waals surface area (Å²) in [6, 6.07) is 11.7. The van der Waals surface area contributed by atoms with Crippen molar-refractivity contribution < 1.29 is 4.79 Å². The summed E-state index contributed by atoms with van der Waals surface area (Å²) < 4.78 is 0.658. The number of halogens is 1. The number of imidazole rings is 1. The van der Waals surface area contributed by atoms with Gasteiger partial charge in [-0.2, -0.15) is 0 Å². The van der Waals surface area contributed by atoms with E-state index in [-0.39, 0.29) is 5.91 Å². The van der Waals surface area contributed by atoms with Crippen LogP contribution in [0.2, 0.25) is 4.34 Å². The lowest BCUT2D eigenvalue weighted by Crippen LogP contribution is -2.37. The summed E-state index contributed by atoms with van der Waals surface area (Å²) in [5.74, 6) is 1.51. The first kappa shape index (κ1) is 14.7. The standard InChI is InChI=1S/C17H16ClN3OS/c18-15-6-5-14(23-15)17(22)21-9-7-11(8-10-21)16-19-12-3-1-2-4-13(12)20-16/h1-6,11H,7-10H2,(H,19,20). The van der Waals surface area contributed by atoms with Gasteiger partial charge in [0.05, 0.1) is 20.2 Å². The molecule has 1 aliphatic heterocycles. The molecular formula is C17H16ClN3OS. The number of H-pyrrole nitrogens is 1. The summed E-state index contributed by atoms with van der Waals surface area (Å²) >= 11 is 7.27. The molecule has 1 fully saturated rings. The minimum absolute atomic E-state index is 0.0879. The second-order valence-electron chi connectivity index (χ2n) is 5.81. The number of nitrogens with one attached hydrogen (secondary N) is 1. The van der Waals surface area contributed by atoms with Crippen molar-refractivity contribution in [3.63, 3.8) is 0 Å². The number of aromatic amines is 1. The maximum Gasteiger partial charge on any atom is 0.263 e. The van der Waals surface area contributed by atoms with Crippen molar-refractivity contribution in [1.82, 2.24) is 14.9 Å². The number of benzene rings is 1. The largest absolute Gasteiger partial charge is 0.342 e. The zero-order valence-corrected chi connectivity index (χ0v) is 14.0. The maximum atomic E-state index is 12.5. The number of carbonyl (C=O) groups excluding carboxylic acids is 1. The molecule has 0 unspecified atom stereocenters. The van der Waals surface area contributed by atoms with E-state index < -0.39 is 0 Å². The van der Waals surface area contributed by atoms with Gasteiger partial charge in [0.2, 0.25) is 0 Å². The number of rotatable bonds is 2. The van der Waals surface area contributed by atoms with Crippen LogP contribution in [-0.2, 0) is 0 Å². The summed E-state index contributed by atoms with van der Waals surface area (Å²) in [5.41, 5.74) is 2.09. The Labute approximate surface area is 143 Å². The average molecular weight is 346 g/mol. The smallest absolute Gasteiger partial charge is 0.263 e. The number of carbonyl (C=O) groups is 1. The highest BCUT2D eigenvalue weighted by atomic mass is 35.5. The van der Waals surface area contributed by atoms with Crippen LogP contribution in [-0.4, -0.2) is 33.9 Å². The number of hydrogen-bond acceptors (Lipinski definition) is 3. The fourth-order valence-electron chi connectivity index (χ4n) is 3.11. The van der Waals surface area contributed by atoms with Crippen LogP contribution in [0, 0.1) is 0 Å². The van der Waals surface area contributed by atoms with E-state index in [1.54, 1.807) is 12.1 Å². The third kappa shape index (κ3) is 2.86. The highest BCUT2D eigenvalue weighted by Gasteiger charge is 2.26. The fraction of sp³-hybridized carbons (Fsp3) is 0.294. The predicted molar refractivity (Wildman–Crippen MR) is 93.3 cm³/mol. The Balaban J connectivity index is 1.45. The minimum atomic E-state index is 0.0879. The van der Waals surface area contributed by atoms with Crippen molar-refractivity contribution in [2.75, 3.05) is 13.1 Å². The summed E-state index contributed by atoms with van der Waals surface area (Å²) in [5, 5.41) is 0. The van der Waals surface area contributed by atoms with Crippen LogP contribution < -0.4 is 0 Å². The molecule has 0 spiro atoms. The summed E-state index contributed by atoms with van der Waals surface area (Å²) in [6.07, 6.45) is 1.87. The van der Waals surface area contributed by atoms with Crippen LogP contribution in [0.1, 0.15) is 34.3 Å². The summed E-state index contributed by atoms with van der Waals surface area (Å²) in [6.45, 7) is 1.52. The molecule has 0 atom stereocenters. The molecule has 0 aliphatic carbocycles. The van der Waals surface area contributed by atoms with Crippen LogP contribution in [0.15, 0.2) is 36.4 Å². The zero-order valence-electron chi connectivity index (χ0n) is 12.5. The Kier molecular flexibility index (Phi) is 3.83. The molecular weight excluding hydrogens is 330 g/mol. The van der Waals surface area contributed by atoms with Crippen molar-refractivity contribution in [3.05, 3.63) is 51.4 Å². The lowest BCUT2D eigenvalue weighted by Gasteiger charge is -2.30. The number of likely N-dealkylation sites (tertiary alicyclic amines) is 1. The molecule has 1 saturated heterocycles. The Morgan fingerprint density at radius 3 is 2.70 bits per heavy atom. The van der Waals surface area contributed by atoms with Gasteiger partial charge in [-0.3, -0.25) is 4.79 Å². The molecule has 1 N–H and O–H groups in total. The molecule has 1 aliphatic rings. The third-order valence-corrected chi connectivity index (χ3v) is 5.58. The quantitative estimate of drug-likeness (QED) is 0.752. The van der Waals surface area contributed by atoms with E-state index in [9.17, 15) is 4.79 Å². The summed E-state index contributed by atoms with van der Waals surface area (Å²) in [7, 11) is 0. The molecule has 3 heterocycles.